The summed E-state index contributed by atoms with van der Waals surface area (Å²) >= 11 is 0.909. The Bertz CT molecular complexity index is 1140. The first-order valence-electron chi connectivity index (χ1n) is 11.6. The fourth-order valence-corrected chi connectivity index (χ4v) is 4.56. The summed E-state index contributed by atoms with van der Waals surface area (Å²) in [7, 11) is 0. The zero-order valence-corrected chi connectivity index (χ0v) is 22.3. The van der Waals surface area contributed by atoms with Gasteiger partial charge in [0.1, 0.15) is 12.7 Å². The second kappa shape index (κ2) is 13.2. The third-order valence-electron chi connectivity index (χ3n) is 5.11. The molecule has 2 aromatic rings. The van der Waals surface area contributed by atoms with Gasteiger partial charge in [-0.05, 0) is 30.8 Å². The molecule has 1 fully saturated rings. The Labute approximate surface area is 222 Å². The monoisotopic (exact) mass is 551 g/mol. The van der Waals surface area contributed by atoms with E-state index in [1.165, 1.54) is 13.8 Å². The van der Waals surface area contributed by atoms with Crippen LogP contribution in [-0.4, -0.2) is 70.5 Å². The van der Waals surface area contributed by atoms with Crippen LogP contribution < -0.4 is 5.32 Å². The highest BCUT2D eigenvalue weighted by Gasteiger charge is 2.53. The predicted molar refractivity (Wildman–Crippen MR) is 131 cm³/mol. The molecule has 1 N–H and O–H groups in total. The first-order chi connectivity index (χ1) is 18.0. The molecule has 1 aromatic carbocycles. The Morgan fingerprint density at radius 1 is 0.868 bits per heavy atom. The molecular weight excluding hydrogens is 522 g/mol. The van der Waals surface area contributed by atoms with Crippen LogP contribution in [0.5, 0.6) is 0 Å². The third kappa shape index (κ3) is 8.45. The molecule has 1 saturated heterocycles. The number of thioether (sulfide) groups is 1. The van der Waals surface area contributed by atoms with E-state index in [1.807, 2.05) is 31.2 Å². The molecule has 0 bridgehead atoms. The normalized spacial score (nSPS) is 22.7. The fraction of sp³-hybridized carbons (Fsp3) is 0.500. The molecule has 14 heteroatoms. The molecule has 13 nitrogen and oxygen atoms in total. The maximum atomic E-state index is 11.9. The van der Waals surface area contributed by atoms with Gasteiger partial charge in [0.2, 0.25) is 5.89 Å². The van der Waals surface area contributed by atoms with Gasteiger partial charge in [-0.25, -0.2) is 0 Å². The SMILES string of the molecule is CC(=O)OC[C@H]1O[C@@H](Sc2nnc(CNc3ccc(C)cc3)o2)[C@H](OC(C)=O)[C@@H](OC(C)=O)[C@@H]1OC(C)=O. The van der Waals surface area contributed by atoms with E-state index >= 15 is 0 Å². The first kappa shape index (κ1) is 28.9. The van der Waals surface area contributed by atoms with E-state index in [0.29, 0.717) is 0 Å². The Morgan fingerprint density at radius 2 is 1.47 bits per heavy atom. The van der Waals surface area contributed by atoms with Gasteiger partial charge in [0.15, 0.2) is 23.7 Å². The number of benzene rings is 1. The molecule has 0 amide bonds. The van der Waals surface area contributed by atoms with E-state index in [0.717, 1.165) is 36.9 Å². The van der Waals surface area contributed by atoms with Gasteiger partial charge in [0.25, 0.3) is 5.22 Å². The van der Waals surface area contributed by atoms with Gasteiger partial charge in [0.05, 0.1) is 6.54 Å². The molecule has 0 unspecified atom stereocenters. The lowest BCUT2D eigenvalue weighted by atomic mass is 9.99. The molecule has 0 aliphatic carbocycles. The minimum atomic E-state index is -1.28. The number of rotatable bonds is 10. The summed E-state index contributed by atoms with van der Waals surface area (Å²) < 4.78 is 33.0. The van der Waals surface area contributed by atoms with Crippen molar-refractivity contribution in [1.82, 2.24) is 10.2 Å². The summed E-state index contributed by atoms with van der Waals surface area (Å²) in [6.07, 6.45) is -4.82. The minimum absolute atomic E-state index is 0.0756. The number of carbonyl (C=O) groups excluding carboxylic acids is 4. The number of esters is 4. The number of anilines is 1. The maximum Gasteiger partial charge on any atom is 0.303 e. The lowest BCUT2D eigenvalue weighted by Crippen LogP contribution is -2.61. The fourth-order valence-electron chi connectivity index (χ4n) is 3.59. The van der Waals surface area contributed by atoms with Crippen LogP contribution >= 0.6 is 11.8 Å². The molecule has 0 radical (unpaired) electrons. The smallest absolute Gasteiger partial charge is 0.303 e. The van der Waals surface area contributed by atoms with Crippen molar-refractivity contribution < 1.29 is 47.3 Å². The van der Waals surface area contributed by atoms with Gasteiger partial charge in [-0.3, -0.25) is 19.2 Å². The molecule has 0 spiro atoms. The number of aryl methyl sites for hydroxylation is 1. The molecule has 38 heavy (non-hydrogen) atoms. The average Bonchev–Trinajstić information content (AvgIpc) is 3.27. The molecule has 1 aliphatic rings. The van der Waals surface area contributed by atoms with Gasteiger partial charge in [-0.15, -0.1) is 10.2 Å². The molecule has 206 valence electrons. The topological polar surface area (TPSA) is 165 Å². The van der Waals surface area contributed by atoms with E-state index in [2.05, 4.69) is 15.5 Å². The number of nitrogens with one attached hydrogen (secondary N) is 1. The Kier molecular flexibility index (Phi) is 10.1. The number of aromatic nitrogens is 2. The Hall–Kier alpha value is -3.65. The number of carbonyl (C=O) groups is 4. The van der Waals surface area contributed by atoms with E-state index in [4.69, 9.17) is 28.1 Å². The zero-order valence-electron chi connectivity index (χ0n) is 21.5. The van der Waals surface area contributed by atoms with Crippen LogP contribution in [0, 0.1) is 6.92 Å². The highest BCUT2D eigenvalue weighted by Crippen LogP contribution is 2.37. The Balaban J connectivity index is 1.83. The van der Waals surface area contributed by atoms with Crippen LogP contribution in [0.1, 0.15) is 39.1 Å². The van der Waals surface area contributed by atoms with E-state index < -0.39 is 53.7 Å². The zero-order chi connectivity index (χ0) is 27.8. The van der Waals surface area contributed by atoms with E-state index in [9.17, 15) is 19.2 Å². The van der Waals surface area contributed by atoms with Crippen molar-refractivity contribution in [3.8, 4) is 0 Å². The summed E-state index contributed by atoms with van der Waals surface area (Å²) in [6.45, 7) is 6.57. The second-order valence-electron chi connectivity index (χ2n) is 8.37. The van der Waals surface area contributed by atoms with E-state index in [1.54, 1.807) is 0 Å². The van der Waals surface area contributed by atoms with Crippen molar-refractivity contribution in [3.63, 3.8) is 0 Å². The summed E-state index contributed by atoms with van der Waals surface area (Å²) in [5.41, 5.74) is 0.924. The van der Waals surface area contributed by atoms with Gasteiger partial charge < -0.3 is 33.4 Å². The van der Waals surface area contributed by atoms with Crippen molar-refractivity contribution in [2.45, 2.75) is 76.2 Å². The third-order valence-corrected chi connectivity index (χ3v) is 6.09. The highest BCUT2D eigenvalue weighted by molar-refractivity contribution is 7.99. The molecule has 2 heterocycles. The molecule has 3 rings (SSSR count). The number of nitrogens with zero attached hydrogens (tertiary/aromatic N) is 2. The van der Waals surface area contributed by atoms with Crippen molar-refractivity contribution in [2.24, 2.45) is 0 Å². The average molecular weight is 552 g/mol. The lowest BCUT2D eigenvalue weighted by molar-refractivity contribution is -0.237. The molecule has 1 aromatic heterocycles. The molecule has 1 aliphatic heterocycles. The molecular formula is C24H29N3O10S. The number of hydrogen-bond acceptors (Lipinski definition) is 14. The highest BCUT2D eigenvalue weighted by atomic mass is 32.2. The van der Waals surface area contributed by atoms with Crippen molar-refractivity contribution in [1.29, 1.82) is 0 Å². The second-order valence-corrected chi connectivity index (χ2v) is 9.42. The Morgan fingerprint density at radius 3 is 2.08 bits per heavy atom. The van der Waals surface area contributed by atoms with Crippen LogP contribution in [0.2, 0.25) is 0 Å². The predicted octanol–water partition coefficient (Wildman–Crippen LogP) is 2.17. The van der Waals surface area contributed by atoms with Gasteiger partial charge in [0, 0.05) is 33.4 Å². The standard InChI is InChI=1S/C24H29N3O10S/c1-12-6-8-17(9-7-12)25-10-19-26-27-24(37-19)38-23-22(35-16(5)31)21(34-15(4)30)20(33-14(3)29)18(36-23)11-32-13(2)28/h6-9,18,20-23,25H,10-11H2,1-5H3/t18-,20-,21+,22-,23+/m1/s1. The first-order valence-corrected chi connectivity index (χ1v) is 12.5. The molecule has 0 saturated carbocycles. The van der Waals surface area contributed by atoms with Crippen LogP contribution in [0.4, 0.5) is 5.69 Å². The quantitative estimate of drug-likeness (QED) is 0.337. The van der Waals surface area contributed by atoms with Crippen molar-refractivity contribution >= 4 is 41.3 Å². The van der Waals surface area contributed by atoms with Crippen molar-refractivity contribution in [2.75, 3.05) is 11.9 Å². The van der Waals surface area contributed by atoms with Gasteiger partial charge in [-0.1, -0.05) is 17.7 Å². The van der Waals surface area contributed by atoms with Gasteiger partial charge in [-0.2, -0.15) is 0 Å². The van der Waals surface area contributed by atoms with Crippen molar-refractivity contribution in [3.05, 3.63) is 35.7 Å². The number of ether oxygens (including phenoxy) is 5. The van der Waals surface area contributed by atoms with Crippen LogP contribution in [0.3, 0.4) is 0 Å². The summed E-state index contributed by atoms with van der Waals surface area (Å²) in [4.78, 5) is 47.2. The van der Waals surface area contributed by atoms with Crippen LogP contribution in [0.25, 0.3) is 0 Å². The minimum Gasteiger partial charge on any atom is -0.463 e. The summed E-state index contributed by atoms with van der Waals surface area (Å²) in [6, 6.07) is 7.75. The lowest BCUT2D eigenvalue weighted by Gasteiger charge is -2.43. The van der Waals surface area contributed by atoms with Gasteiger partial charge >= 0.3 is 23.9 Å². The van der Waals surface area contributed by atoms with Crippen LogP contribution in [0.15, 0.2) is 33.9 Å². The summed E-state index contributed by atoms with van der Waals surface area (Å²) in [5.74, 6) is -2.45. The van der Waals surface area contributed by atoms with Crippen LogP contribution in [-0.2, 0) is 49.4 Å². The maximum absolute atomic E-state index is 11.9. The largest absolute Gasteiger partial charge is 0.463 e. The summed E-state index contributed by atoms with van der Waals surface area (Å²) in [5, 5.41) is 11.3. The molecule has 5 atom stereocenters. The number of hydrogen-bond donors (Lipinski definition) is 1. The van der Waals surface area contributed by atoms with E-state index in [-0.39, 0.29) is 24.3 Å².